The van der Waals surface area contributed by atoms with Crippen molar-refractivity contribution < 1.29 is 9.53 Å². The summed E-state index contributed by atoms with van der Waals surface area (Å²) < 4.78 is 5.35. The highest BCUT2D eigenvalue weighted by molar-refractivity contribution is 7.99. The molecule has 0 radical (unpaired) electrons. The van der Waals surface area contributed by atoms with E-state index in [0.29, 0.717) is 6.54 Å². The summed E-state index contributed by atoms with van der Waals surface area (Å²) in [5.74, 6) is 1.04. The van der Waals surface area contributed by atoms with Crippen molar-refractivity contribution in [2.75, 3.05) is 26.5 Å². The number of thioether (sulfide) groups is 1. The number of aryl methyl sites for hydroxylation is 1. The fourth-order valence-electron chi connectivity index (χ4n) is 2.56. The molecule has 116 valence electrons. The zero-order chi connectivity index (χ0) is 15.6. The van der Waals surface area contributed by atoms with E-state index >= 15 is 0 Å². The van der Waals surface area contributed by atoms with Crippen molar-refractivity contribution in [3.05, 3.63) is 29.3 Å². The minimum absolute atomic E-state index is 0.0431. The van der Waals surface area contributed by atoms with E-state index in [1.807, 2.05) is 24.0 Å². The molecule has 21 heavy (non-hydrogen) atoms. The summed E-state index contributed by atoms with van der Waals surface area (Å²) in [5.41, 5.74) is 2.19. The summed E-state index contributed by atoms with van der Waals surface area (Å²) in [6.45, 7) is 7.49. The number of nitrogens with one attached hydrogen (secondary N) is 1. The first-order chi connectivity index (χ1) is 9.88. The normalized spacial score (nSPS) is 19.2. The van der Waals surface area contributed by atoms with Crippen LogP contribution in [0.4, 0.5) is 0 Å². The van der Waals surface area contributed by atoms with Crippen molar-refractivity contribution in [2.24, 2.45) is 0 Å². The molecule has 0 aliphatic carbocycles. The molecule has 0 saturated carbocycles. The van der Waals surface area contributed by atoms with Crippen molar-refractivity contribution in [2.45, 2.75) is 31.7 Å². The summed E-state index contributed by atoms with van der Waals surface area (Å²) in [6.07, 6.45) is 2.04. The molecule has 5 heteroatoms. The second-order valence-corrected chi connectivity index (χ2v) is 7.51. The number of benzene rings is 1. The van der Waals surface area contributed by atoms with Crippen molar-refractivity contribution in [1.29, 1.82) is 0 Å². The number of amides is 1. The first-order valence-corrected chi connectivity index (χ1v) is 8.33. The molecule has 1 amide bonds. The maximum absolute atomic E-state index is 12.2. The maximum Gasteiger partial charge on any atom is 0.238 e. The molecule has 1 unspecified atom stereocenters. The Balaban J connectivity index is 2.25. The van der Waals surface area contributed by atoms with E-state index in [1.54, 1.807) is 18.9 Å². The Morgan fingerprint density at radius 1 is 1.48 bits per heavy atom. The fraction of sp³-hybridized carbons (Fsp3) is 0.562. The Kier molecular flexibility index (Phi) is 4.84. The highest BCUT2D eigenvalue weighted by Gasteiger charge is 2.35. The van der Waals surface area contributed by atoms with Crippen LogP contribution >= 0.6 is 11.8 Å². The van der Waals surface area contributed by atoms with E-state index < -0.39 is 0 Å². The van der Waals surface area contributed by atoms with Crippen LogP contribution in [0.25, 0.3) is 0 Å². The van der Waals surface area contributed by atoms with Crippen LogP contribution in [-0.4, -0.2) is 42.0 Å². The molecule has 0 spiro atoms. The number of rotatable bonds is 5. The van der Waals surface area contributed by atoms with Gasteiger partial charge >= 0.3 is 0 Å². The summed E-state index contributed by atoms with van der Waals surface area (Å²) in [7, 11) is 1.67. The maximum atomic E-state index is 12.2. The predicted octanol–water partition coefficient (Wildman–Crippen LogP) is 2.58. The molecule has 1 fully saturated rings. The van der Waals surface area contributed by atoms with Gasteiger partial charge in [-0.05, 0) is 50.3 Å². The van der Waals surface area contributed by atoms with Crippen LogP contribution in [0.2, 0.25) is 0 Å². The van der Waals surface area contributed by atoms with Crippen LogP contribution in [0.5, 0.6) is 5.75 Å². The molecular formula is C16H24N2O2S. The van der Waals surface area contributed by atoms with E-state index in [2.05, 4.69) is 31.5 Å². The third kappa shape index (κ3) is 3.52. The Bertz CT molecular complexity index is 531. The Labute approximate surface area is 131 Å². The van der Waals surface area contributed by atoms with Crippen molar-refractivity contribution >= 4 is 17.7 Å². The van der Waals surface area contributed by atoms with Gasteiger partial charge in [-0.25, -0.2) is 0 Å². The average molecular weight is 308 g/mol. The number of nitrogens with zero attached hydrogens (tertiary/aromatic N) is 1. The van der Waals surface area contributed by atoms with E-state index in [4.69, 9.17) is 4.74 Å². The minimum Gasteiger partial charge on any atom is -0.496 e. The summed E-state index contributed by atoms with van der Waals surface area (Å²) >= 11 is 1.78. The lowest BCUT2D eigenvalue weighted by Gasteiger charge is -2.32. The molecular weight excluding hydrogens is 284 g/mol. The quantitative estimate of drug-likeness (QED) is 0.908. The zero-order valence-electron chi connectivity index (χ0n) is 13.4. The lowest BCUT2D eigenvalue weighted by atomic mass is 10.1. The largest absolute Gasteiger partial charge is 0.496 e. The van der Waals surface area contributed by atoms with Crippen LogP contribution < -0.4 is 10.1 Å². The van der Waals surface area contributed by atoms with Crippen LogP contribution in [0.3, 0.4) is 0 Å². The van der Waals surface area contributed by atoms with Crippen LogP contribution in [0.15, 0.2) is 18.2 Å². The predicted molar refractivity (Wildman–Crippen MR) is 87.8 cm³/mol. The van der Waals surface area contributed by atoms with Gasteiger partial charge in [-0.15, -0.1) is 0 Å². The van der Waals surface area contributed by atoms with Gasteiger partial charge in [-0.2, -0.15) is 11.8 Å². The Hall–Kier alpha value is -1.20. The molecule has 1 heterocycles. The van der Waals surface area contributed by atoms with E-state index in [9.17, 15) is 4.79 Å². The standard InChI is InChI=1S/C16H24N2O2S/c1-11-8-12(6-7-13(11)20-4)15-17-9-14(19)18(15)10-16(2,3)21-5/h6-8,15,17H,9-10H2,1-5H3. The topological polar surface area (TPSA) is 41.6 Å². The van der Waals surface area contributed by atoms with Crippen LogP contribution in [0, 0.1) is 6.92 Å². The number of carbonyl (C=O) groups excluding carboxylic acids is 1. The molecule has 2 rings (SSSR count). The lowest BCUT2D eigenvalue weighted by molar-refractivity contribution is -0.128. The number of carbonyl (C=O) groups is 1. The minimum atomic E-state index is -0.0477. The second-order valence-electron chi connectivity index (χ2n) is 6.00. The number of methoxy groups -OCH3 is 1. The van der Waals surface area contributed by atoms with Gasteiger partial charge in [-0.3, -0.25) is 10.1 Å². The molecule has 1 aliphatic rings. The Morgan fingerprint density at radius 2 is 2.19 bits per heavy atom. The third-order valence-electron chi connectivity index (χ3n) is 3.92. The SMILES string of the molecule is COc1ccc(C2NCC(=O)N2CC(C)(C)SC)cc1C. The van der Waals surface area contributed by atoms with E-state index in [1.165, 1.54) is 0 Å². The highest BCUT2D eigenvalue weighted by Crippen LogP contribution is 2.31. The van der Waals surface area contributed by atoms with E-state index in [-0.39, 0.29) is 16.8 Å². The Morgan fingerprint density at radius 3 is 2.76 bits per heavy atom. The molecule has 1 aliphatic heterocycles. The van der Waals surface area contributed by atoms with Gasteiger partial charge in [0.2, 0.25) is 5.91 Å². The molecule has 1 saturated heterocycles. The number of ether oxygens (including phenoxy) is 1. The molecule has 1 N–H and O–H groups in total. The van der Waals surface area contributed by atoms with Gasteiger partial charge in [0.25, 0.3) is 0 Å². The van der Waals surface area contributed by atoms with Gasteiger partial charge in [-0.1, -0.05) is 6.07 Å². The third-order valence-corrected chi connectivity index (χ3v) is 5.15. The van der Waals surface area contributed by atoms with Gasteiger partial charge < -0.3 is 9.64 Å². The smallest absolute Gasteiger partial charge is 0.238 e. The molecule has 4 nitrogen and oxygen atoms in total. The van der Waals surface area contributed by atoms with Crippen molar-refractivity contribution in [3.8, 4) is 5.75 Å². The molecule has 0 bridgehead atoms. The van der Waals surface area contributed by atoms with Gasteiger partial charge in [0.05, 0.1) is 13.7 Å². The van der Waals surface area contributed by atoms with Gasteiger partial charge in [0, 0.05) is 11.3 Å². The van der Waals surface area contributed by atoms with Crippen LogP contribution in [-0.2, 0) is 4.79 Å². The molecule has 1 aromatic rings. The highest BCUT2D eigenvalue weighted by atomic mass is 32.2. The molecule has 0 aromatic heterocycles. The zero-order valence-corrected chi connectivity index (χ0v) is 14.2. The number of hydrogen-bond acceptors (Lipinski definition) is 4. The second kappa shape index (κ2) is 6.28. The monoisotopic (exact) mass is 308 g/mol. The lowest BCUT2D eigenvalue weighted by Crippen LogP contribution is -2.40. The van der Waals surface area contributed by atoms with E-state index in [0.717, 1.165) is 23.4 Å². The summed E-state index contributed by atoms with van der Waals surface area (Å²) in [5, 5.41) is 3.31. The van der Waals surface area contributed by atoms with Crippen molar-refractivity contribution in [3.63, 3.8) is 0 Å². The molecule has 1 atom stereocenters. The summed E-state index contributed by atoms with van der Waals surface area (Å²) in [4.78, 5) is 14.1. The van der Waals surface area contributed by atoms with Gasteiger partial charge in [0.15, 0.2) is 0 Å². The fourth-order valence-corrected chi connectivity index (χ4v) is 2.83. The number of hydrogen-bond donors (Lipinski definition) is 1. The van der Waals surface area contributed by atoms with Crippen LogP contribution in [0.1, 0.15) is 31.1 Å². The first-order valence-electron chi connectivity index (χ1n) is 7.10. The average Bonchev–Trinajstić information content (AvgIpc) is 2.80. The first kappa shape index (κ1) is 16.2. The summed E-state index contributed by atoms with van der Waals surface area (Å²) in [6, 6.07) is 6.09. The van der Waals surface area contributed by atoms with Gasteiger partial charge in [0.1, 0.15) is 11.9 Å². The van der Waals surface area contributed by atoms with Crippen molar-refractivity contribution in [1.82, 2.24) is 10.2 Å². The molecule has 1 aromatic carbocycles.